The Morgan fingerprint density at radius 1 is 1.03 bits per heavy atom. The number of benzene rings is 1. The minimum atomic E-state index is -0.506. The van der Waals surface area contributed by atoms with Gasteiger partial charge in [-0.25, -0.2) is 13.8 Å². The van der Waals surface area contributed by atoms with Gasteiger partial charge in [0.2, 0.25) is 0 Å². The molecule has 0 atom stereocenters. The third kappa shape index (κ3) is 4.38. The van der Waals surface area contributed by atoms with Crippen molar-refractivity contribution in [1.29, 1.82) is 0 Å². The molecule has 0 radical (unpaired) electrons. The number of aryl methyl sites for hydroxylation is 1. The van der Waals surface area contributed by atoms with Crippen LogP contribution < -0.4 is 4.90 Å². The maximum absolute atomic E-state index is 14.3. The van der Waals surface area contributed by atoms with E-state index in [0.29, 0.717) is 11.5 Å². The number of hydrogen-bond donors (Lipinski definition) is 0. The third-order valence-corrected chi connectivity index (χ3v) is 5.27. The zero-order valence-corrected chi connectivity index (χ0v) is 17.2. The predicted molar refractivity (Wildman–Crippen MR) is 110 cm³/mol. The van der Waals surface area contributed by atoms with Crippen LogP contribution >= 0.6 is 12.4 Å². The van der Waals surface area contributed by atoms with Crippen molar-refractivity contribution in [2.45, 2.75) is 13.5 Å². The van der Waals surface area contributed by atoms with Crippen molar-refractivity contribution in [3.8, 4) is 11.3 Å². The molecule has 4 rings (SSSR count). The van der Waals surface area contributed by atoms with E-state index in [0.717, 1.165) is 44.9 Å². The molecule has 0 amide bonds. The van der Waals surface area contributed by atoms with Crippen LogP contribution in [0.4, 0.5) is 14.6 Å². The molecule has 1 aromatic carbocycles. The molecule has 0 saturated carbocycles. The van der Waals surface area contributed by atoms with Crippen LogP contribution in [0.15, 0.2) is 36.8 Å². The molecule has 9 heteroatoms. The Bertz CT molecular complexity index is 985. The molecule has 1 aliphatic heterocycles. The maximum Gasteiger partial charge on any atom is 0.155 e. The van der Waals surface area contributed by atoms with Gasteiger partial charge < -0.3 is 4.90 Å². The zero-order valence-electron chi connectivity index (χ0n) is 16.3. The van der Waals surface area contributed by atoms with Gasteiger partial charge in [0, 0.05) is 69.0 Å². The Morgan fingerprint density at radius 3 is 2.45 bits per heavy atom. The highest BCUT2D eigenvalue weighted by Crippen LogP contribution is 2.30. The van der Waals surface area contributed by atoms with Crippen molar-refractivity contribution in [3.63, 3.8) is 0 Å². The lowest BCUT2D eigenvalue weighted by Crippen LogP contribution is -2.46. The Hall–Kier alpha value is -2.58. The van der Waals surface area contributed by atoms with Crippen molar-refractivity contribution in [2.24, 2.45) is 7.05 Å². The Kier molecular flexibility index (Phi) is 6.44. The highest BCUT2D eigenvalue weighted by atomic mass is 35.5. The van der Waals surface area contributed by atoms with E-state index < -0.39 is 11.6 Å². The largest absolute Gasteiger partial charge is 0.352 e. The lowest BCUT2D eigenvalue weighted by atomic mass is 10.1. The first-order valence-corrected chi connectivity index (χ1v) is 9.24. The van der Waals surface area contributed by atoms with Gasteiger partial charge in [-0.3, -0.25) is 14.6 Å². The average Bonchev–Trinajstić information content (AvgIpc) is 3.02. The van der Waals surface area contributed by atoms with E-state index in [1.807, 2.05) is 17.9 Å². The molecule has 0 aliphatic carbocycles. The lowest BCUT2D eigenvalue weighted by molar-refractivity contribution is 0.249. The monoisotopic (exact) mass is 420 g/mol. The third-order valence-electron chi connectivity index (χ3n) is 5.27. The van der Waals surface area contributed by atoms with E-state index in [1.54, 1.807) is 6.20 Å². The van der Waals surface area contributed by atoms with E-state index in [1.165, 1.54) is 23.5 Å². The highest BCUT2D eigenvalue weighted by molar-refractivity contribution is 5.85. The Labute approximate surface area is 174 Å². The summed E-state index contributed by atoms with van der Waals surface area (Å²) in [6.07, 6.45) is 5.00. The van der Waals surface area contributed by atoms with Crippen LogP contribution in [0.2, 0.25) is 0 Å². The van der Waals surface area contributed by atoms with Gasteiger partial charge in [0.05, 0.1) is 6.20 Å². The number of nitrogens with zero attached hydrogens (tertiary/aromatic N) is 6. The second-order valence-electron chi connectivity index (χ2n) is 6.99. The summed E-state index contributed by atoms with van der Waals surface area (Å²) in [5.41, 5.74) is 2.89. The average molecular weight is 421 g/mol. The molecule has 2 aromatic heterocycles. The summed E-state index contributed by atoms with van der Waals surface area (Å²) in [6.45, 7) is 6.08. The van der Waals surface area contributed by atoms with Crippen LogP contribution in [0.3, 0.4) is 0 Å². The normalized spacial score (nSPS) is 14.7. The number of halogens is 3. The molecule has 0 bridgehead atoms. The van der Waals surface area contributed by atoms with E-state index in [4.69, 9.17) is 0 Å². The van der Waals surface area contributed by atoms with Crippen LogP contribution in [0, 0.1) is 18.6 Å². The minimum absolute atomic E-state index is 0. The van der Waals surface area contributed by atoms with Gasteiger partial charge in [-0.15, -0.1) is 12.4 Å². The molecule has 1 fully saturated rings. The summed E-state index contributed by atoms with van der Waals surface area (Å²) in [7, 11) is 1.94. The first kappa shape index (κ1) is 21.1. The van der Waals surface area contributed by atoms with Gasteiger partial charge in [0.25, 0.3) is 0 Å². The second-order valence-corrected chi connectivity index (χ2v) is 6.99. The fourth-order valence-electron chi connectivity index (χ4n) is 3.49. The number of hydrogen-bond acceptors (Lipinski definition) is 5. The molecule has 29 heavy (non-hydrogen) atoms. The molecular weight excluding hydrogens is 398 g/mol. The maximum atomic E-state index is 14.3. The van der Waals surface area contributed by atoms with E-state index >= 15 is 0 Å². The summed E-state index contributed by atoms with van der Waals surface area (Å²) < 4.78 is 29.8. The van der Waals surface area contributed by atoms with Crippen molar-refractivity contribution in [1.82, 2.24) is 24.6 Å². The standard InChI is InChI=1S/C20H22F2N6.ClH/c1-14-15(12-25-26(14)2)13-27-7-9-28(10-8-27)20-19(23-5-6-24-20)17-11-16(21)3-4-18(17)22;/h3-6,11-12H,7-10,13H2,1-2H3;1H. The second kappa shape index (κ2) is 8.84. The van der Waals surface area contributed by atoms with E-state index in [-0.39, 0.29) is 18.0 Å². The minimum Gasteiger partial charge on any atom is -0.352 e. The lowest BCUT2D eigenvalue weighted by Gasteiger charge is -2.35. The van der Waals surface area contributed by atoms with Crippen LogP contribution in [-0.2, 0) is 13.6 Å². The van der Waals surface area contributed by atoms with Crippen molar-refractivity contribution in [2.75, 3.05) is 31.1 Å². The molecule has 3 heterocycles. The summed E-state index contributed by atoms with van der Waals surface area (Å²) in [5.74, 6) is -0.414. The molecule has 0 spiro atoms. The van der Waals surface area contributed by atoms with Crippen molar-refractivity contribution < 1.29 is 8.78 Å². The van der Waals surface area contributed by atoms with Crippen LogP contribution in [-0.4, -0.2) is 50.8 Å². The summed E-state index contributed by atoms with van der Waals surface area (Å²) >= 11 is 0. The van der Waals surface area contributed by atoms with E-state index in [9.17, 15) is 8.78 Å². The van der Waals surface area contributed by atoms with Gasteiger partial charge in [0.1, 0.15) is 17.3 Å². The molecule has 6 nitrogen and oxygen atoms in total. The molecule has 1 saturated heterocycles. The first-order chi connectivity index (χ1) is 13.5. The van der Waals surface area contributed by atoms with Gasteiger partial charge in [-0.1, -0.05) is 0 Å². The van der Waals surface area contributed by atoms with Gasteiger partial charge in [-0.2, -0.15) is 5.10 Å². The molecule has 154 valence electrons. The Balaban J connectivity index is 0.00000240. The van der Waals surface area contributed by atoms with Gasteiger partial charge in [0.15, 0.2) is 5.82 Å². The molecule has 0 N–H and O–H groups in total. The fraction of sp³-hybridized carbons (Fsp3) is 0.350. The summed E-state index contributed by atoms with van der Waals surface area (Å²) in [4.78, 5) is 13.2. The SMILES string of the molecule is Cc1c(CN2CCN(c3nccnc3-c3cc(F)ccc3F)CC2)cnn1C.Cl. The zero-order chi connectivity index (χ0) is 19.7. The first-order valence-electron chi connectivity index (χ1n) is 9.24. The fourth-order valence-corrected chi connectivity index (χ4v) is 3.49. The quantitative estimate of drug-likeness (QED) is 0.648. The summed E-state index contributed by atoms with van der Waals surface area (Å²) in [5, 5.41) is 4.30. The molecule has 0 unspecified atom stereocenters. The summed E-state index contributed by atoms with van der Waals surface area (Å²) in [6, 6.07) is 3.40. The molecule has 3 aromatic rings. The predicted octanol–water partition coefficient (Wildman–Crippen LogP) is 3.21. The van der Waals surface area contributed by atoms with Gasteiger partial charge >= 0.3 is 0 Å². The number of rotatable bonds is 4. The number of piperazine rings is 1. The van der Waals surface area contributed by atoms with Crippen molar-refractivity contribution >= 4 is 18.2 Å². The Morgan fingerprint density at radius 2 is 1.76 bits per heavy atom. The van der Waals surface area contributed by atoms with Crippen LogP contribution in [0.1, 0.15) is 11.3 Å². The van der Waals surface area contributed by atoms with E-state index in [2.05, 4.69) is 31.8 Å². The van der Waals surface area contributed by atoms with Crippen molar-refractivity contribution in [3.05, 3.63) is 59.7 Å². The van der Waals surface area contributed by atoms with Crippen LogP contribution in [0.5, 0.6) is 0 Å². The number of aromatic nitrogens is 4. The number of anilines is 1. The molecule has 1 aliphatic rings. The van der Waals surface area contributed by atoms with Gasteiger partial charge in [-0.05, 0) is 25.1 Å². The highest BCUT2D eigenvalue weighted by Gasteiger charge is 2.23. The van der Waals surface area contributed by atoms with Crippen LogP contribution in [0.25, 0.3) is 11.3 Å². The molecular formula is C20H23ClF2N6. The topological polar surface area (TPSA) is 50.1 Å². The smallest absolute Gasteiger partial charge is 0.155 e.